The molecule has 1 aliphatic rings. The molecule has 0 unspecified atom stereocenters. The number of carbonyl (C=O) groups excluding carboxylic acids is 1. The molecule has 0 bridgehead atoms. The maximum absolute atomic E-state index is 12.0. The fraction of sp³-hybridized carbons (Fsp3) is 0.381. The van der Waals surface area contributed by atoms with Crippen LogP contribution in [0, 0.1) is 0 Å². The Morgan fingerprint density at radius 2 is 2.00 bits per heavy atom. The average Bonchev–Trinajstić information content (AvgIpc) is 3.51. The van der Waals surface area contributed by atoms with Crippen molar-refractivity contribution in [3.63, 3.8) is 0 Å². The molecule has 1 aromatic carbocycles. The van der Waals surface area contributed by atoms with Gasteiger partial charge < -0.3 is 16.0 Å². The van der Waals surface area contributed by atoms with Crippen LogP contribution >= 0.6 is 15.9 Å². The Kier molecular flexibility index (Phi) is 7.03. The van der Waals surface area contributed by atoms with Gasteiger partial charge in [-0.25, -0.2) is 0 Å². The molecular weight excluding hydrogens is 418 g/mol. The highest BCUT2D eigenvalue weighted by molar-refractivity contribution is 9.10. The van der Waals surface area contributed by atoms with Gasteiger partial charge in [-0.05, 0) is 49.6 Å². The molecule has 0 aliphatic heterocycles. The van der Waals surface area contributed by atoms with E-state index in [1.807, 2.05) is 13.0 Å². The SMILES string of the molecule is CCNC(=NCC1(c2cccc(Br)c2)CC1)NCCNC(=O)c1cccnc1. The van der Waals surface area contributed by atoms with Crippen LogP contribution in [0.25, 0.3) is 0 Å². The lowest BCUT2D eigenvalue weighted by molar-refractivity contribution is 0.0954. The van der Waals surface area contributed by atoms with Crippen molar-refractivity contribution in [1.29, 1.82) is 0 Å². The van der Waals surface area contributed by atoms with Gasteiger partial charge in [0.1, 0.15) is 0 Å². The van der Waals surface area contributed by atoms with Gasteiger partial charge in [-0.1, -0.05) is 28.1 Å². The Morgan fingerprint density at radius 1 is 1.18 bits per heavy atom. The fourth-order valence-corrected chi connectivity index (χ4v) is 3.43. The minimum atomic E-state index is -0.122. The zero-order chi connectivity index (χ0) is 19.8. The highest BCUT2D eigenvalue weighted by Crippen LogP contribution is 2.48. The molecule has 1 saturated carbocycles. The van der Waals surface area contributed by atoms with E-state index in [9.17, 15) is 4.79 Å². The van der Waals surface area contributed by atoms with Crippen molar-refractivity contribution in [1.82, 2.24) is 20.9 Å². The summed E-state index contributed by atoms with van der Waals surface area (Å²) in [5.41, 5.74) is 2.05. The Balaban J connectivity index is 1.50. The van der Waals surface area contributed by atoms with Crippen LogP contribution in [0.3, 0.4) is 0 Å². The standard InChI is InChI=1S/C21H26BrN5O/c1-2-24-20(26-12-11-25-19(28)16-5-4-10-23-14-16)27-15-21(8-9-21)17-6-3-7-18(22)13-17/h3-7,10,13-14H,2,8-9,11-12,15H2,1H3,(H,25,28)(H2,24,26,27). The second kappa shape index (κ2) is 9.68. The Bertz CT molecular complexity index is 821. The summed E-state index contributed by atoms with van der Waals surface area (Å²) in [6, 6.07) is 12.0. The summed E-state index contributed by atoms with van der Waals surface area (Å²) in [4.78, 5) is 20.8. The highest BCUT2D eigenvalue weighted by Gasteiger charge is 2.44. The maximum atomic E-state index is 12.0. The van der Waals surface area contributed by atoms with Gasteiger partial charge in [0, 0.05) is 41.9 Å². The highest BCUT2D eigenvalue weighted by atomic mass is 79.9. The van der Waals surface area contributed by atoms with E-state index in [1.165, 1.54) is 5.56 Å². The number of hydrogen-bond acceptors (Lipinski definition) is 3. The van der Waals surface area contributed by atoms with E-state index in [1.54, 1.807) is 24.5 Å². The number of benzene rings is 1. The molecule has 7 heteroatoms. The Morgan fingerprint density at radius 3 is 2.68 bits per heavy atom. The number of guanidine groups is 1. The molecule has 3 N–H and O–H groups in total. The number of rotatable bonds is 8. The van der Waals surface area contributed by atoms with E-state index < -0.39 is 0 Å². The second-order valence-corrected chi connectivity index (χ2v) is 7.83. The van der Waals surface area contributed by atoms with Crippen molar-refractivity contribution in [2.45, 2.75) is 25.2 Å². The van der Waals surface area contributed by atoms with E-state index in [0.29, 0.717) is 18.7 Å². The lowest BCUT2D eigenvalue weighted by atomic mass is 9.96. The summed E-state index contributed by atoms with van der Waals surface area (Å²) in [7, 11) is 0. The summed E-state index contributed by atoms with van der Waals surface area (Å²) in [6.07, 6.45) is 5.53. The van der Waals surface area contributed by atoms with Gasteiger partial charge in [-0.3, -0.25) is 14.8 Å². The molecule has 0 spiro atoms. The van der Waals surface area contributed by atoms with E-state index in [0.717, 1.165) is 36.4 Å². The van der Waals surface area contributed by atoms with Crippen molar-refractivity contribution < 1.29 is 4.79 Å². The quantitative estimate of drug-likeness (QED) is 0.333. The molecule has 1 amide bonds. The molecule has 3 rings (SSSR count). The lowest BCUT2D eigenvalue weighted by Gasteiger charge is -2.16. The molecule has 6 nitrogen and oxygen atoms in total. The summed E-state index contributed by atoms with van der Waals surface area (Å²) >= 11 is 3.56. The first-order chi connectivity index (χ1) is 13.6. The van der Waals surface area contributed by atoms with E-state index >= 15 is 0 Å². The third kappa shape index (κ3) is 5.55. The van der Waals surface area contributed by atoms with Crippen molar-refractivity contribution >= 4 is 27.8 Å². The van der Waals surface area contributed by atoms with Crippen molar-refractivity contribution in [2.24, 2.45) is 4.99 Å². The molecule has 0 atom stereocenters. The number of aromatic nitrogens is 1. The first-order valence-corrected chi connectivity index (χ1v) is 10.4. The molecular formula is C21H26BrN5O. The number of amides is 1. The number of nitrogens with zero attached hydrogens (tertiary/aromatic N) is 2. The van der Waals surface area contributed by atoms with Gasteiger partial charge >= 0.3 is 0 Å². The number of halogens is 1. The molecule has 1 heterocycles. The van der Waals surface area contributed by atoms with Crippen LogP contribution in [-0.4, -0.2) is 43.0 Å². The molecule has 148 valence electrons. The monoisotopic (exact) mass is 443 g/mol. The van der Waals surface area contributed by atoms with Gasteiger partial charge in [0.25, 0.3) is 5.91 Å². The van der Waals surface area contributed by atoms with Crippen LogP contribution in [0.1, 0.15) is 35.7 Å². The third-order valence-electron chi connectivity index (χ3n) is 4.80. The molecule has 1 fully saturated rings. The minimum Gasteiger partial charge on any atom is -0.357 e. The summed E-state index contributed by atoms with van der Waals surface area (Å²) in [6.45, 7) is 4.69. The van der Waals surface area contributed by atoms with Gasteiger partial charge in [-0.15, -0.1) is 0 Å². The second-order valence-electron chi connectivity index (χ2n) is 6.91. The number of pyridine rings is 1. The number of nitrogens with one attached hydrogen (secondary N) is 3. The summed E-state index contributed by atoms with van der Waals surface area (Å²) < 4.78 is 1.11. The number of carbonyl (C=O) groups is 1. The maximum Gasteiger partial charge on any atom is 0.252 e. The minimum absolute atomic E-state index is 0.122. The largest absolute Gasteiger partial charge is 0.357 e. The van der Waals surface area contributed by atoms with Crippen LogP contribution in [0.4, 0.5) is 0 Å². The van der Waals surface area contributed by atoms with E-state index in [2.05, 4.69) is 55.1 Å². The number of aliphatic imine (C=N–C) groups is 1. The zero-order valence-corrected chi connectivity index (χ0v) is 17.6. The molecule has 0 radical (unpaired) electrons. The molecule has 0 saturated heterocycles. The first-order valence-electron chi connectivity index (χ1n) is 9.59. The van der Waals surface area contributed by atoms with Crippen molar-refractivity contribution in [3.05, 3.63) is 64.4 Å². The smallest absolute Gasteiger partial charge is 0.252 e. The third-order valence-corrected chi connectivity index (χ3v) is 5.29. The van der Waals surface area contributed by atoms with Gasteiger partial charge in [0.05, 0.1) is 12.1 Å². The van der Waals surface area contributed by atoms with Gasteiger partial charge in [0.15, 0.2) is 5.96 Å². The van der Waals surface area contributed by atoms with Crippen LogP contribution in [0.5, 0.6) is 0 Å². The predicted molar refractivity (Wildman–Crippen MR) is 116 cm³/mol. The number of hydrogen-bond donors (Lipinski definition) is 3. The van der Waals surface area contributed by atoms with Gasteiger partial charge in [0.2, 0.25) is 0 Å². The first kappa shape index (κ1) is 20.3. The zero-order valence-electron chi connectivity index (χ0n) is 16.0. The lowest BCUT2D eigenvalue weighted by Crippen LogP contribution is -2.42. The normalized spacial score (nSPS) is 15.0. The van der Waals surface area contributed by atoms with E-state index in [-0.39, 0.29) is 11.3 Å². The molecule has 1 aromatic heterocycles. The van der Waals surface area contributed by atoms with Gasteiger partial charge in [-0.2, -0.15) is 0 Å². The topological polar surface area (TPSA) is 78.4 Å². The van der Waals surface area contributed by atoms with Crippen LogP contribution in [-0.2, 0) is 5.41 Å². The van der Waals surface area contributed by atoms with Crippen LogP contribution < -0.4 is 16.0 Å². The van der Waals surface area contributed by atoms with Crippen molar-refractivity contribution in [3.8, 4) is 0 Å². The van der Waals surface area contributed by atoms with E-state index in [4.69, 9.17) is 4.99 Å². The van der Waals surface area contributed by atoms with Crippen LogP contribution in [0.15, 0.2) is 58.3 Å². The summed E-state index contributed by atoms with van der Waals surface area (Å²) in [5.74, 6) is 0.655. The predicted octanol–water partition coefficient (Wildman–Crippen LogP) is 2.86. The summed E-state index contributed by atoms with van der Waals surface area (Å²) in [5, 5.41) is 9.45. The Hall–Kier alpha value is -2.41. The average molecular weight is 444 g/mol. The molecule has 1 aliphatic carbocycles. The Labute approximate surface area is 174 Å². The van der Waals surface area contributed by atoms with Crippen molar-refractivity contribution in [2.75, 3.05) is 26.2 Å². The molecule has 28 heavy (non-hydrogen) atoms. The van der Waals surface area contributed by atoms with Crippen LogP contribution in [0.2, 0.25) is 0 Å². The molecule has 2 aromatic rings. The fourth-order valence-electron chi connectivity index (χ4n) is 3.04.